The molecule has 1 aromatic heterocycles. The van der Waals surface area contributed by atoms with Gasteiger partial charge in [-0.25, -0.2) is 0 Å². The maximum Gasteiger partial charge on any atom is 0.0800 e. The summed E-state index contributed by atoms with van der Waals surface area (Å²) in [5.74, 6) is 0. The molecule has 3 heteroatoms. The smallest absolute Gasteiger partial charge is 0.0800 e. The standard InChI is InChI=1S/C17H25N3/c1-5-12-18-16-13(4)19-15-11-9-8-10-14(15)17(16)20(6-2)7-3/h8-11,18H,5-7,12H2,1-4H3. The SMILES string of the molecule is CCCNc1c(C)nc2ccccc2c1N(CC)CC. The lowest BCUT2D eigenvalue weighted by atomic mass is 10.1. The second-order valence-corrected chi connectivity index (χ2v) is 5.04. The van der Waals surface area contributed by atoms with Crippen LogP contribution in [0.15, 0.2) is 24.3 Å². The highest BCUT2D eigenvalue weighted by Gasteiger charge is 2.16. The van der Waals surface area contributed by atoms with Crippen molar-refractivity contribution in [3.05, 3.63) is 30.0 Å². The average Bonchev–Trinajstić information content (AvgIpc) is 2.47. The summed E-state index contributed by atoms with van der Waals surface area (Å²) in [5, 5.41) is 4.80. The molecule has 0 aliphatic rings. The van der Waals surface area contributed by atoms with Gasteiger partial charge in [-0.1, -0.05) is 25.1 Å². The molecule has 0 spiro atoms. The number of para-hydroxylation sites is 1. The molecule has 0 saturated heterocycles. The Labute approximate surface area is 122 Å². The van der Waals surface area contributed by atoms with Crippen LogP contribution in [-0.4, -0.2) is 24.6 Å². The lowest BCUT2D eigenvalue weighted by Crippen LogP contribution is -2.24. The number of hydrogen-bond acceptors (Lipinski definition) is 3. The fourth-order valence-electron chi connectivity index (χ4n) is 2.64. The van der Waals surface area contributed by atoms with E-state index >= 15 is 0 Å². The van der Waals surface area contributed by atoms with Crippen molar-refractivity contribution in [3.8, 4) is 0 Å². The molecular weight excluding hydrogens is 246 g/mol. The number of aryl methyl sites for hydroxylation is 1. The fraction of sp³-hybridized carbons (Fsp3) is 0.471. The predicted octanol–water partition coefficient (Wildman–Crippen LogP) is 4.21. The third kappa shape index (κ3) is 2.72. The third-order valence-electron chi connectivity index (χ3n) is 3.68. The zero-order chi connectivity index (χ0) is 14.5. The Hall–Kier alpha value is -1.77. The number of rotatable bonds is 6. The monoisotopic (exact) mass is 271 g/mol. The first-order chi connectivity index (χ1) is 9.72. The molecule has 20 heavy (non-hydrogen) atoms. The number of nitrogens with zero attached hydrogens (tertiary/aromatic N) is 2. The Kier molecular flexibility index (Phi) is 4.83. The Bertz CT molecular complexity index is 574. The van der Waals surface area contributed by atoms with Gasteiger partial charge in [0.25, 0.3) is 0 Å². The third-order valence-corrected chi connectivity index (χ3v) is 3.68. The van der Waals surface area contributed by atoms with Crippen LogP contribution >= 0.6 is 0 Å². The van der Waals surface area contributed by atoms with Crippen molar-refractivity contribution in [2.75, 3.05) is 29.9 Å². The first-order valence-corrected chi connectivity index (χ1v) is 7.61. The van der Waals surface area contributed by atoms with Crippen LogP contribution in [0.2, 0.25) is 0 Å². The van der Waals surface area contributed by atoms with Crippen LogP contribution in [0.1, 0.15) is 32.9 Å². The van der Waals surface area contributed by atoms with Crippen molar-refractivity contribution in [2.45, 2.75) is 34.1 Å². The highest BCUT2D eigenvalue weighted by atomic mass is 15.1. The van der Waals surface area contributed by atoms with Gasteiger partial charge in [0.1, 0.15) is 0 Å². The number of pyridine rings is 1. The molecule has 0 atom stereocenters. The quantitative estimate of drug-likeness (QED) is 0.853. The largest absolute Gasteiger partial charge is 0.382 e. The number of aromatic nitrogens is 1. The van der Waals surface area contributed by atoms with Gasteiger partial charge in [-0.2, -0.15) is 0 Å². The number of hydrogen-bond donors (Lipinski definition) is 1. The van der Waals surface area contributed by atoms with Crippen LogP contribution in [0.3, 0.4) is 0 Å². The molecule has 1 heterocycles. The average molecular weight is 271 g/mol. The van der Waals surface area contributed by atoms with Crippen LogP contribution in [0.5, 0.6) is 0 Å². The van der Waals surface area contributed by atoms with Crippen molar-refractivity contribution >= 4 is 22.3 Å². The van der Waals surface area contributed by atoms with E-state index in [1.807, 2.05) is 0 Å². The van der Waals surface area contributed by atoms with E-state index < -0.39 is 0 Å². The van der Waals surface area contributed by atoms with Crippen molar-refractivity contribution < 1.29 is 0 Å². The number of fused-ring (bicyclic) bond motifs is 1. The predicted molar refractivity (Wildman–Crippen MR) is 88.8 cm³/mol. The minimum atomic E-state index is 0.981. The maximum atomic E-state index is 4.75. The van der Waals surface area contributed by atoms with Gasteiger partial charge in [-0.3, -0.25) is 4.98 Å². The van der Waals surface area contributed by atoms with Crippen LogP contribution in [0, 0.1) is 6.92 Å². The topological polar surface area (TPSA) is 28.2 Å². The van der Waals surface area contributed by atoms with Crippen LogP contribution < -0.4 is 10.2 Å². The van der Waals surface area contributed by atoms with E-state index in [0.717, 1.165) is 37.3 Å². The molecule has 1 N–H and O–H groups in total. The summed E-state index contributed by atoms with van der Waals surface area (Å²) >= 11 is 0. The number of anilines is 2. The van der Waals surface area contributed by atoms with Gasteiger partial charge in [0, 0.05) is 25.0 Å². The summed E-state index contributed by atoms with van der Waals surface area (Å²) in [4.78, 5) is 7.16. The maximum absolute atomic E-state index is 4.75. The molecule has 0 radical (unpaired) electrons. The normalized spacial score (nSPS) is 10.8. The van der Waals surface area contributed by atoms with E-state index in [0.29, 0.717) is 0 Å². The zero-order valence-electron chi connectivity index (χ0n) is 13.0. The summed E-state index contributed by atoms with van der Waals surface area (Å²) in [6.45, 7) is 11.7. The van der Waals surface area contributed by atoms with E-state index in [1.54, 1.807) is 0 Å². The molecule has 0 unspecified atom stereocenters. The lowest BCUT2D eigenvalue weighted by molar-refractivity contribution is 0.866. The van der Waals surface area contributed by atoms with E-state index in [1.165, 1.54) is 16.8 Å². The van der Waals surface area contributed by atoms with Gasteiger partial charge in [0.15, 0.2) is 0 Å². The van der Waals surface area contributed by atoms with Crippen LogP contribution in [0.4, 0.5) is 11.4 Å². The minimum Gasteiger partial charge on any atom is -0.382 e. The van der Waals surface area contributed by atoms with Crippen LogP contribution in [0.25, 0.3) is 10.9 Å². The van der Waals surface area contributed by atoms with Crippen LogP contribution in [-0.2, 0) is 0 Å². The summed E-state index contributed by atoms with van der Waals surface area (Å²) in [5.41, 5.74) is 4.65. The first-order valence-electron chi connectivity index (χ1n) is 7.61. The summed E-state index contributed by atoms with van der Waals surface area (Å²) in [7, 11) is 0. The molecule has 0 aliphatic heterocycles. The zero-order valence-corrected chi connectivity index (χ0v) is 13.0. The second kappa shape index (κ2) is 6.60. The fourth-order valence-corrected chi connectivity index (χ4v) is 2.64. The molecule has 1 aromatic carbocycles. The first kappa shape index (κ1) is 14.6. The van der Waals surface area contributed by atoms with Crippen molar-refractivity contribution in [3.63, 3.8) is 0 Å². The van der Waals surface area contributed by atoms with Gasteiger partial charge < -0.3 is 10.2 Å². The van der Waals surface area contributed by atoms with Crippen molar-refractivity contribution in [2.24, 2.45) is 0 Å². The lowest BCUT2D eigenvalue weighted by Gasteiger charge is -2.27. The summed E-state index contributed by atoms with van der Waals surface area (Å²) in [6.07, 6.45) is 1.12. The van der Waals surface area contributed by atoms with E-state index in [2.05, 4.69) is 62.2 Å². The molecule has 0 fully saturated rings. The molecule has 0 saturated carbocycles. The highest BCUT2D eigenvalue weighted by molar-refractivity contribution is 5.99. The summed E-state index contributed by atoms with van der Waals surface area (Å²) in [6, 6.07) is 8.42. The molecule has 2 aromatic rings. The molecule has 0 amide bonds. The molecular formula is C17H25N3. The van der Waals surface area contributed by atoms with Gasteiger partial charge in [0.05, 0.1) is 22.6 Å². The number of benzene rings is 1. The van der Waals surface area contributed by atoms with Crippen molar-refractivity contribution in [1.82, 2.24) is 4.98 Å². The summed E-state index contributed by atoms with van der Waals surface area (Å²) < 4.78 is 0. The van der Waals surface area contributed by atoms with E-state index in [4.69, 9.17) is 4.98 Å². The van der Waals surface area contributed by atoms with Crippen molar-refractivity contribution in [1.29, 1.82) is 0 Å². The Morgan fingerprint density at radius 1 is 1.10 bits per heavy atom. The van der Waals surface area contributed by atoms with E-state index in [-0.39, 0.29) is 0 Å². The van der Waals surface area contributed by atoms with Gasteiger partial charge >= 0.3 is 0 Å². The molecule has 2 rings (SSSR count). The highest BCUT2D eigenvalue weighted by Crippen LogP contribution is 2.35. The number of nitrogens with one attached hydrogen (secondary N) is 1. The Morgan fingerprint density at radius 3 is 2.45 bits per heavy atom. The molecule has 3 nitrogen and oxygen atoms in total. The van der Waals surface area contributed by atoms with Gasteiger partial charge in [-0.15, -0.1) is 0 Å². The Morgan fingerprint density at radius 2 is 1.80 bits per heavy atom. The second-order valence-electron chi connectivity index (χ2n) is 5.04. The van der Waals surface area contributed by atoms with Gasteiger partial charge in [-0.05, 0) is 33.3 Å². The van der Waals surface area contributed by atoms with Gasteiger partial charge in [0.2, 0.25) is 0 Å². The molecule has 0 bridgehead atoms. The Balaban J connectivity index is 2.67. The minimum absolute atomic E-state index is 0.981. The molecule has 108 valence electrons. The molecule has 0 aliphatic carbocycles. The van der Waals surface area contributed by atoms with E-state index in [9.17, 15) is 0 Å².